The number of ether oxygens (including phenoxy) is 2. The van der Waals surface area contributed by atoms with Crippen LogP contribution in [0.4, 0.5) is 5.69 Å². The molecule has 0 unspecified atom stereocenters. The predicted octanol–water partition coefficient (Wildman–Crippen LogP) is 2.45. The van der Waals surface area contributed by atoms with E-state index in [9.17, 15) is 4.79 Å². The van der Waals surface area contributed by atoms with Crippen LogP contribution in [0.5, 0.6) is 11.5 Å². The highest BCUT2D eigenvalue weighted by Gasteiger charge is 2.04. The highest BCUT2D eigenvalue weighted by molar-refractivity contribution is 6.02. The molecule has 0 aliphatic rings. The molecule has 0 bridgehead atoms. The molecule has 1 aromatic carbocycles. The summed E-state index contributed by atoms with van der Waals surface area (Å²) in [7, 11) is 3.14. The molecule has 1 amide bonds. The molecule has 0 aliphatic carbocycles. The van der Waals surface area contributed by atoms with Crippen LogP contribution in [0, 0.1) is 6.92 Å². The number of nitrogens with zero attached hydrogens (tertiary/aromatic N) is 2. The van der Waals surface area contributed by atoms with Crippen LogP contribution >= 0.6 is 0 Å². The van der Waals surface area contributed by atoms with Gasteiger partial charge in [-0.15, -0.1) is 0 Å². The lowest BCUT2D eigenvalue weighted by molar-refractivity contribution is -0.111. The Morgan fingerprint density at radius 1 is 1.23 bits per heavy atom. The van der Waals surface area contributed by atoms with E-state index in [2.05, 4.69) is 15.3 Å². The number of aromatic nitrogens is 2. The number of anilines is 1. The average molecular weight is 299 g/mol. The smallest absolute Gasteiger partial charge is 0.248 e. The summed E-state index contributed by atoms with van der Waals surface area (Å²) in [5, 5.41) is 2.72. The fourth-order valence-electron chi connectivity index (χ4n) is 1.82. The van der Waals surface area contributed by atoms with Crippen molar-refractivity contribution >= 4 is 17.7 Å². The summed E-state index contributed by atoms with van der Waals surface area (Å²) in [5.74, 6) is 0.992. The zero-order valence-corrected chi connectivity index (χ0v) is 12.7. The largest absolute Gasteiger partial charge is 0.493 e. The van der Waals surface area contributed by atoms with Crippen molar-refractivity contribution in [3.8, 4) is 11.5 Å². The van der Waals surface area contributed by atoms with Gasteiger partial charge in [0.05, 0.1) is 31.8 Å². The zero-order valence-electron chi connectivity index (χ0n) is 12.7. The molecule has 0 spiro atoms. The second-order valence-electron chi connectivity index (χ2n) is 4.46. The maximum absolute atomic E-state index is 11.9. The van der Waals surface area contributed by atoms with Gasteiger partial charge in [-0.1, -0.05) is 6.07 Å². The van der Waals surface area contributed by atoms with E-state index in [1.807, 2.05) is 6.07 Å². The summed E-state index contributed by atoms with van der Waals surface area (Å²) in [4.78, 5) is 19.8. The quantitative estimate of drug-likeness (QED) is 0.858. The standard InChI is InChI=1S/C16H17N3O3/c1-11-13(9-17-10-18-11)19-16(20)7-5-12-4-6-14(21-2)15(8-12)22-3/h4-10H,1-3H3,(H,19,20). The first kappa shape index (κ1) is 15.5. The molecule has 0 saturated heterocycles. The van der Waals surface area contributed by atoms with Crippen LogP contribution in [0.25, 0.3) is 6.08 Å². The minimum absolute atomic E-state index is 0.257. The molecular weight excluding hydrogens is 282 g/mol. The Morgan fingerprint density at radius 3 is 2.68 bits per heavy atom. The SMILES string of the molecule is COc1ccc(C=CC(=O)Nc2cncnc2C)cc1OC. The van der Waals surface area contributed by atoms with E-state index < -0.39 is 0 Å². The van der Waals surface area contributed by atoms with Gasteiger partial charge in [0.1, 0.15) is 6.33 Å². The van der Waals surface area contributed by atoms with Gasteiger partial charge in [0, 0.05) is 6.08 Å². The van der Waals surface area contributed by atoms with Crippen LogP contribution in [-0.2, 0) is 4.79 Å². The lowest BCUT2D eigenvalue weighted by Crippen LogP contribution is -2.09. The monoisotopic (exact) mass is 299 g/mol. The fraction of sp³-hybridized carbons (Fsp3) is 0.188. The minimum Gasteiger partial charge on any atom is -0.493 e. The predicted molar refractivity (Wildman–Crippen MR) is 84.0 cm³/mol. The second-order valence-corrected chi connectivity index (χ2v) is 4.46. The maximum Gasteiger partial charge on any atom is 0.248 e. The van der Waals surface area contributed by atoms with Gasteiger partial charge in [-0.05, 0) is 30.7 Å². The highest BCUT2D eigenvalue weighted by atomic mass is 16.5. The summed E-state index contributed by atoms with van der Waals surface area (Å²) in [5.41, 5.74) is 2.13. The third kappa shape index (κ3) is 3.82. The van der Waals surface area contributed by atoms with E-state index in [1.165, 1.54) is 12.4 Å². The summed E-state index contributed by atoms with van der Waals surface area (Å²) in [6.45, 7) is 1.80. The second kappa shape index (κ2) is 7.21. The van der Waals surface area contributed by atoms with Gasteiger partial charge in [0.25, 0.3) is 0 Å². The van der Waals surface area contributed by atoms with Crippen molar-refractivity contribution in [2.24, 2.45) is 0 Å². The van der Waals surface area contributed by atoms with Gasteiger partial charge in [-0.3, -0.25) is 4.79 Å². The van der Waals surface area contributed by atoms with Gasteiger partial charge in [0.15, 0.2) is 11.5 Å². The lowest BCUT2D eigenvalue weighted by Gasteiger charge is -2.07. The molecule has 1 N–H and O–H groups in total. The fourth-order valence-corrected chi connectivity index (χ4v) is 1.82. The molecule has 2 rings (SSSR count). The number of methoxy groups -OCH3 is 2. The first-order valence-electron chi connectivity index (χ1n) is 6.61. The number of carbonyl (C=O) groups excluding carboxylic acids is 1. The topological polar surface area (TPSA) is 73.3 Å². The van der Waals surface area contributed by atoms with Crippen LogP contribution in [0.1, 0.15) is 11.3 Å². The molecule has 0 saturated carbocycles. The van der Waals surface area contributed by atoms with Crippen LogP contribution in [-0.4, -0.2) is 30.1 Å². The first-order valence-corrected chi connectivity index (χ1v) is 6.61. The van der Waals surface area contributed by atoms with Crippen molar-refractivity contribution in [3.05, 3.63) is 48.1 Å². The summed E-state index contributed by atoms with van der Waals surface area (Å²) in [6, 6.07) is 5.41. The normalized spacial score (nSPS) is 10.5. The Labute approximate surface area is 128 Å². The molecular formula is C16H17N3O3. The summed E-state index contributed by atoms with van der Waals surface area (Å²) < 4.78 is 10.4. The third-order valence-corrected chi connectivity index (χ3v) is 3.00. The Bertz CT molecular complexity index is 699. The molecule has 22 heavy (non-hydrogen) atoms. The highest BCUT2D eigenvalue weighted by Crippen LogP contribution is 2.27. The number of nitrogens with one attached hydrogen (secondary N) is 1. The van der Waals surface area contributed by atoms with Gasteiger partial charge in [0.2, 0.25) is 5.91 Å². The molecule has 114 valence electrons. The molecule has 2 aromatic rings. The third-order valence-electron chi connectivity index (χ3n) is 3.00. The molecule has 6 heteroatoms. The van der Waals surface area contributed by atoms with Crippen molar-refractivity contribution in [2.45, 2.75) is 6.92 Å². The van der Waals surface area contributed by atoms with Crippen molar-refractivity contribution in [3.63, 3.8) is 0 Å². The van der Waals surface area contributed by atoms with E-state index >= 15 is 0 Å². The first-order chi connectivity index (χ1) is 10.6. The molecule has 6 nitrogen and oxygen atoms in total. The molecule has 0 atom stereocenters. The lowest BCUT2D eigenvalue weighted by atomic mass is 10.2. The number of rotatable bonds is 5. The Morgan fingerprint density at radius 2 is 2.00 bits per heavy atom. The van der Waals surface area contributed by atoms with Crippen LogP contribution < -0.4 is 14.8 Å². The van der Waals surface area contributed by atoms with Crippen molar-refractivity contribution in [2.75, 3.05) is 19.5 Å². The Kier molecular flexibility index (Phi) is 5.08. The van der Waals surface area contributed by atoms with Gasteiger partial charge >= 0.3 is 0 Å². The molecule has 1 heterocycles. The van der Waals surface area contributed by atoms with E-state index in [-0.39, 0.29) is 5.91 Å². The maximum atomic E-state index is 11.9. The Balaban J connectivity index is 2.08. The van der Waals surface area contributed by atoms with E-state index in [1.54, 1.807) is 45.5 Å². The molecule has 0 fully saturated rings. The molecule has 0 radical (unpaired) electrons. The Hall–Kier alpha value is -2.89. The summed E-state index contributed by atoms with van der Waals surface area (Å²) >= 11 is 0. The summed E-state index contributed by atoms with van der Waals surface area (Å²) in [6.07, 6.45) is 6.12. The van der Waals surface area contributed by atoms with Crippen molar-refractivity contribution in [1.29, 1.82) is 0 Å². The van der Waals surface area contributed by atoms with Crippen molar-refractivity contribution in [1.82, 2.24) is 9.97 Å². The van der Waals surface area contributed by atoms with E-state index in [0.29, 0.717) is 22.9 Å². The van der Waals surface area contributed by atoms with E-state index in [0.717, 1.165) is 5.56 Å². The average Bonchev–Trinajstić information content (AvgIpc) is 2.54. The number of hydrogen-bond donors (Lipinski definition) is 1. The number of hydrogen-bond acceptors (Lipinski definition) is 5. The van der Waals surface area contributed by atoms with Gasteiger partial charge < -0.3 is 14.8 Å². The van der Waals surface area contributed by atoms with Crippen LogP contribution in [0.15, 0.2) is 36.8 Å². The van der Waals surface area contributed by atoms with Crippen LogP contribution in [0.3, 0.4) is 0 Å². The van der Waals surface area contributed by atoms with Gasteiger partial charge in [-0.25, -0.2) is 9.97 Å². The number of aryl methyl sites for hydroxylation is 1. The minimum atomic E-state index is -0.257. The number of amides is 1. The zero-order chi connectivity index (χ0) is 15.9. The van der Waals surface area contributed by atoms with Crippen molar-refractivity contribution < 1.29 is 14.3 Å². The molecule has 0 aliphatic heterocycles. The molecule has 1 aromatic heterocycles. The number of benzene rings is 1. The van der Waals surface area contributed by atoms with Crippen LogP contribution in [0.2, 0.25) is 0 Å². The van der Waals surface area contributed by atoms with E-state index in [4.69, 9.17) is 9.47 Å². The number of carbonyl (C=O) groups is 1. The van der Waals surface area contributed by atoms with Gasteiger partial charge in [-0.2, -0.15) is 0 Å².